The highest BCUT2D eigenvalue weighted by Crippen LogP contribution is 2.26. The molecular formula is C15H19N5O. The third-order valence-corrected chi connectivity index (χ3v) is 4.14. The lowest BCUT2D eigenvalue weighted by atomic mass is 10.1. The molecule has 1 saturated heterocycles. The van der Waals surface area contributed by atoms with Gasteiger partial charge in [-0.1, -0.05) is 0 Å². The van der Waals surface area contributed by atoms with Crippen molar-refractivity contribution >= 4 is 23.0 Å². The molecule has 110 valence electrons. The Morgan fingerprint density at radius 1 is 1.29 bits per heavy atom. The van der Waals surface area contributed by atoms with Crippen LogP contribution in [0, 0.1) is 6.92 Å². The van der Waals surface area contributed by atoms with Gasteiger partial charge in [-0.15, -0.1) is 0 Å². The second-order valence-electron chi connectivity index (χ2n) is 5.61. The molecule has 1 unspecified atom stereocenters. The average Bonchev–Trinajstić information content (AvgIpc) is 2.49. The largest absolute Gasteiger partial charge is 0.353 e. The number of pyridine rings is 1. The van der Waals surface area contributed by atoms with E-state index in [2.05, 4.69) is 38.7 Å². The Balaban J connectivity index is 2.09. The molecule has 0 bridgehead atoms. The number of likely N-dealkylation sites (N-methyl/N-ethyl adjacent to an activating group) is 1. The van der Waals surface area contributed by atoms with Crippen LogP contribution in [-0.2, 0) is 0 Å². The third kappa shape index (κ3) is 2.47. The molecule has 0 aliphatic carbocycles. The number of piperazine rings is 1. The fourth-order valence-corrected chi connectivity index (χ4v) is 2.69. The molecule has 1 atom stereocenters. The fourth-order valence-electron chi connectivity index (χ4n) is 2.69. The highest BCUT2D eigenvalue weighted by molar-refractivity contribution is 5.99. The first-order valence-corrected chi connectivity index (χ1v) is 7.13. The summed E-state index contributed by atoms with van der Waals surface area (Å²) in [6, 6.07) is 0.465. The monoisotopic (exact) mass is 285 g/mol. The molecule has 21 heavy (non-hydrogen) atoms. The zero-order valence-corrected chi connectivity index (χ0v) is 12.6. The molecule has 2 aromatic rings. The lowest BCUT2D eigenvalue weighted by molar-refractivity contribution is 0.112. The van der Waals surface area contributed by atoms with Crippen LogP contribution in [0.1, 0.15) is 23.1 Å². The fraction of sp³-hybridized carbons (Fsp3) is 0.467. The van der Waals surface area contributed by atoms with Crippen molar-refractivity contribution < 1.29 is 4.79 Å². The summed E-state index contributed by atoms with van der Waals surface area (Å²) in [4.78, 5) is 28.9. The molecule has 3 rings (SSSR count). The molecule has 0 N–H and O–H groups in total. The number of hydrogen-bond acceptors (Lipinski definition) is 6. The molecule has 0 amide bonds. The predicted molar refractivity (Wildman–Crippen MR) is 81.8 cm³/mol. The third-order valence-electron chi connectivity index (χ3n) is 4.14. The number of aldehydes is 1. The average molecular weight is 285 g/mol. The van der Waals surface area contributed by atoms with Crippen molar-refractivity contribution in [2.75, 3.05) is 31.6 Å². The SMILES string of the molecule is Cc1ncc2c(N3CCN(C)C(C)C3)ncc(C=O)c2n1. The molecule has 3 heterocycles. The highest BCUT2D eigenvalue weighted by Gasteiger charge is 2.23. The van der Waals surface area contributed by atoms with Crippen molar-refractivity contribution in [3.63, 3.8) is 0 Å². The van der Waals surface area contributed by atoms with E-state index in [-0.39, 0.29) is 0 Å². The minimum absolute atomic E-state index is 0.465. The maximum absolute atomic E-state index is 11.2. The molecular weight excluding hydrogens is 266 g/mol. The predicted octanol–water partition coefficient (Wildman–Crippen LogP) is 1.29. The second kappa shape index (κ2) is 5.37. The van der Waals surface area contributed by atoms with Crippen molar-refractivity contribution in [2.45, 2.75) is 19.9 Å². The first-order chi connectivity index (χ1) is 10.1. The van der Waals surface area contributed by atoms with Crippen LogP contribution in [0.4, 0.5) is 5.82 Å². The minimum Gasteiger partial charge on any atom is -0.353 e. The van der Waals surface area contributed by atoms with Crippen molar-refractivity contribution in [3.05, 3.63) is 23.8 Å². The second-order valence-corrected chi connectivity index (χ2v) is 5.61. The number of nitrogens with zero attached hydrogens (tertiary/aromatic N) is 5. The summed E-state index contributed by atoms with van der Waals surface area (Å²) < 4.78 is 0. The van der Waals surface area contributed by atoms with Gasteiger partial charge in [-0.3, -0.25) is 4.79 Å². The van der Waals surface area contributed by atoms with E-state index in [9.17, 15) is 4.79 Å². The van der Waals surface area contributed by atoms with Gasteiger partial charge in [0.05, 0.1) is 16.5 Å². The number of anilines is 1. The first kappa shape index (κ1) is 13.9. The van der Waals surface area contributed by atoms with Crippen molar-refractivity contribution in [2.24, 2.45) is 0 Å². The molecule has 1 aliphatic rings. The van der Waals surface area contributed by atoms with Gasteiger partial charge in [0.2, 0.25) is 0 Å². The van der Waals surface area contributed by atoms with Crippen molar-refractivity contribution in [3.8, 4) is 0 Å². The van der Waals surface area contributed by atoms with Crippen LogP contribution in [-0.4, -0.2) is 58.9 Å². The van der Waals surface area contributed by atoms with Gasteiger partial charge in [0.1, 0.15) is 11.6 Å². The zero-order valence-electron chi connectivity index (χ0n) is 12.6. The Hall–Kier alpha value is -2.08. The van der Waals surface area contributed by atoms with Gasteiger partial charge in [-0.25, -0.2) is 15.0 Å². The summed E-state index contributed by atoms with van der Waals surface area (Å²) in [5.74, 6) is 1.53. The smallest absolute Gasteiger partial charge is 0.153 e. The summed E-state index contributed by atoms with van der Waals surface area (Å²) in [5.41, 5.74) is 1.20. The standard InChI is InChI=1S/C15H19N5O/c1-10-8-20(5-4-19(10)3)15-13-7-16-11(2)18-14(13)12(9-21)6-17-15/h6-7,9-10H,4-5,8H2,1-3H3. The minimum atomic E-state index is 0.465. The van der Waals surface area contributed by atoms with E-state index in [1.807, 2.05) is 6.92 Å². The number of rotatable bonds is 2. The number of carbonyl (C=O) groups excluding carboxylic acids is 1. The summed E-state index contributed by atoms with van der Waals surface area (Å²) in [5, 5.41) is 0.849. The van der Waals surface area contributed by atoms with Crippen LogP contribution in [0.5, 0.6) is 0 Å². The van der Waals surface area contributed by atoms with Gasteiger partial charge in [0.25, 0.3) is 0 Å². The maximum atomic E-state index is 11.2. The quantitative estimate of drug-likeness (QED) is 0.775. The van der Waals surface area contributed by atoms with Gasteiger partial charge in [0.15, 0.2) is 6.29 Å². The van der Waals surface area contributed by atoms with Gasteiger partial charge in [-0.05, 0) is 20.9 Å². The number of hydrogen-bond donors (Lipinski definition) is 0. The van der Waals surface area contributed by atoms with E-state index in [0.29, 0.717) is 22.9 Å². The normalized spacial score (nSPS) is 20.0. The van der Waals surface area contributed by atoms with Gasteiger partial charge < -0.3 is 9.80 Å². The zero-order chi connectivity index (χ0) is 15.0. The number of fused-ring (bicyclic) bond motifs is 1. The van der Waals surface area contributed by atoms with E-state index >= 15 is 0 Å². The Bertz CT molecular complexity index is 687. The summed E-state index contributed by atoms with van der Waals surface area (Å²) in [6.45, 7) is 6.84. The number of aryl methyl sites for hydroxylation is 1. The van der Waals surface area contributed by atoms with Gasteiger partial charge in [0, 0.05) is 38.1 Å². The maximum Gasteiger partial charge on any atom is 0.153 e. The van der Waals surface area contributed by atoms with Gasteiger partial charge in [-0.2, -0.15) is 0 Å². The first-order valence-electron chi connectivity index (χ1n) is 7.13. The highest BCUT2D eigenvalue weighted by atomic mass is 16.1. The molecule has 0 aromatic carbocycles. The Labute approximate surface area is 123 Å². The molecule has 0 saturated carbocycles. The van der Waals surface area contributed by atoms with Crippen LogP contribution >= 0.6 is 0 Å². The molecule has 0 spiro atoms. The van der Waals surface area contributed by atoms with E-state index in [1.54, 1.807) is 12.4 Å². The van der Waals surface area contributed by atoms with Crippen LogP contribution < -0.4 is 4.90 Å². The van der Waals surface area contributed by atoms with Crippen LogP contribution in [0.3, 0.4) is 0 Å². The summed E-state index contributed by atoms with van der Waals surface area (Å²) in [7, 11) is 2.13. The van der Waals surface area contributed by atoms with Crippen LogP contribution in [0.25, 0.3) is 10.9 Å². The topological polar surface area (TPSA) is 62.2 Å². The van der Waals surface area contributed by atoms with E-state index in [0.717, 1.165) is 37.1 Å². The molecule has 2 aromatic heterocycles. The van der Waals surface area contributed by atoms with E-state index < -0.39 is 0 Å². The Morgan fingerprint density at radius 3 is 2.81 bits per heavy atom. The summed E-state index contributed by atoms with van der Waals surface area (Å²) >= 11 is 0. The lowest BCUT2D eigenvalue weighted by Crippen LogP contribution is -2.50. The number of carbonyl (C=O) groups is 1. The molecule has 1 fully saturated rings. The van der Waals surface area contributed by atoms with Crippen LogP contribution in [0.2, 0.25) is 0 Å². The Morgan fingerprint density at radius 2 is 2.10 bits per heavy atom. The van der Waals surface area contributed by atoms with Crippen LogP contribution in [0.15, 0.2) is 12.4 Å². The van der Waals surface area contributed by atoms with Crippen molar-refractivity contribution in [1.82, 2.24) is 19.9 Å². The summed E-state index contributed by atoms with van der Waals surface area (Å²) in [6.07, 6.45) is 4.19. The van der Waals surface area contributed by atoms with E-state index in [4.69, 9.17) is 0 Å². The molecule has 0 radical (unpaired) electrons. The molecule has 6 nitrogen and oxygen atoms in total. The van der Waals surface area contributed by atoms with Crippen molar-refractivity contribution in [1.29, 1.82) is 0 Å². The lowest BCUT2D eigenvalue weighted by Gasteiger charge is -2.38. The molecule has 6 heteroatoms. The molecule has 1 aliphatic heterocycles. The van der Waals surface area contributed by atoms with E-state index in [1.165, 1.54) is 0 Å². The number of aromatic nitrogens is 3. The van der Waals surface area contributed by atoms with Gasteiger partial charge >= 0.3 is 0 Å². The Kier molecular flexibility index (Phi) is 3.55.